The van der Waals surface area contributed by atoms with Gasteiger partial charge in [0, 0.05) is 45.5 Å². The molecule has 0 bridgehead atoms. The number of nitrogens with zero attached hydrogens (tertiary/aromatic N) is 5. The minimum atomic E-state index is -0.225. The highest BCUT2D eigenvalue weighted by atomic mass is 32.2. The fraction of sp³-hybridized carbons (Fsp3) is 0.314. The van der Waals surface area contributed by atoms with Gasteiger partial charge in [-0.15, -0.1) is 0 Å². The Kier molecular flexibility index (Phi) is 8.99. The number of thioether (sulfide) groups is 1. The number of carbonyl (C=O) groups is 1. The van der Waals surface area contributed by atoms with Crippen molar-refractivity contribution in [3.63, 3.8) is 0 Å². The zero-order valence-electron chi connectivity index (χ0n) is 26.9. The fourth-order valence-corrected chi connectivity index (χ4v) is 7.47. The number of rotatable bonds is 9. The van der Waals surface area contributed by atoms with Crippen molar-refractivity contribution in [2.24, 2.45) is 0 Å². The Bertz CT molecular complexity index is 2010. The molecule has 48 heavy (non-hydrogen) atoms. The van der Waals surface area contributed by atoms with E-state index in [9.17, 15) is 9.59 Å². The summed E-state index contributed by atoms with van der Waals surface area (Å²) >= 11 is 6.86. The molecule has 0 spiro atoms. The predicted octanol–water partition coefficient (Wildman–Crippen LogP) is 4.51. The molecule has 0 saturated carbocycles. The second-order valence-electron chi connectivity index (χ2n) is 11.8. The van der Waals surface area contributed by atoms with E-state index < -0.39 is 0 Å². The Morgan fingerprint density at radius 1 is 0.958 bits per heavy atom. The van der Waals surface area contributed by atoms with Crippen LogP contribution in [0.5, 0.6) is 23.0 Å². The van der Waals surface area contributed by atoms with Crippen molar-refractivity contribution in [1.29, 1.82) is 0 Å². The molecule has 0 unspecified atom stereocenters. The Hall–Kier alpha value is -4.59. The van der Waals surface area contributed by atoms with E-state index in [4.69, 9.17) is 36.1 Å². The third-order valence-corrected chi connectivity index (χ3v) is 10.2. The Morgan fingerprint density at radius 3 is 2.52 bits per heavy atom. The number of anilines is 1. The van der Waals surface area contributed by atoms with Crippen LogP contribution in [0.15, 0.2) is 64.4 Å². The second-order valence-corrected chi connectivity index (χ2v) is 13.4. The topological polar surface area (TPSA) is 98.1 Å². The average molecular weight is 686 g/mol. The monoisotopic (exact) mass is 685 g/mol. The normalized spacial score (nSPS) is 17.2. The first-order valence-corrected chi connectivity index (χ1v) is 16.9. The van der Waals surface area contributed by atoms with Crippen LogP contribution in [0.3, 0.4) is 0 Å². The average Bonchev–Trinajstić information content (AvgIpc) is 3.68. The number of thiocarbonyl (C=S) groups is 1. The van der Waals surface area contributed by atoms with Crippen molar-refractivity contribution in [1.82, 2.24) is 19.2 Å². The third-order valence-electron chi connectivity index (χ3n) is 8.80. The molecule has 5 heterocycles. The number of hydrogen-bond donors (Lipinski definition) is 0. The molecule has 11 nitrogen and oxygen atoms in total. The summed E-state index contributed by atoms with van der Waals surface area (Å²) < 4.78 is 23.8. The van der Waals surface area contributed by atoms with Crippen molar-refractivity contribution in [2.75, 3.05) is 58.6 Å². The molecule has 2 saturated heterocycles. The highest BCUT2D eigenvalue weighted by Gasteiger charge is 2.33. The third kappa shape index (κ3) is 6.20. The number of carbonyl (C=O) groups excluding carboxylic acids is 1. The lowest BCUT2D eigenvalue weighted by molar-refractivity contribution is -0.122. The van der Waals surface area contributed by atoms with Crippen molar-refractivity contribution in [3.05, 3.63) is 92.2 Å². The molecule has 4 aromatic rings. The van der Waals surface area contributed by atoms with Gasteiger partial charge in [-0.25, -0.2) is 4.98 Å². The van der Waals surface area contributed by atoms with Gasteiger partial charge in [-0.2, -0.15) is 0 Å². The van der Waals surface area contributed by atoms with Crippen LogP contribution in [0.1, 0.15) is 22.3 Å². The highest BCUT2D eigenvalue weighted by Crippen LogP contribution is 2.35. The number of aryl methyl sites for hydroxylation is 1. The van der Waals surface area contributed by atoms with Crippen LogP contribution in [0.4, 0.5) is 5.82 Å². The van der Waals surface area contributed by atoms with Gasteiger partial charge in [-0.3, -0.25) is 23.8 Å². The lowest BCUT2D eigenvalue weighted by Crippen LogP contribution is -2.47. The minimum Gasteiger partial charge on any atom is -0.493 e. The number of fused-ring (bicyclic) bond motifs is 2. The van der Waals surface area contributed by atoms with Gasteiger partial charge in [0.1, 0.15) is 15.8 Å². The number of amides is 1. The Balaban J connectivity index is 1.12. The molecule has 0 atom stereocenters. The van der Waals surface area contributed by atoms with E-state index in [-0.39, 0.29) is 18.3 Å². The summed E-state index contributed by atoms with van der Waals surface area (Å²) in [6.45, 7) is 6.26. The van der Waals surface area contributed by atoms with Gasteiger partial charge in [0.25, 0.3) is 11.5 Å². The predicted molar refractivity (Wildman–Crippen MR) is 189 cm³/mol. The van der Waals surface area contributed by atoms with Gasteiger partial charge in [0.05, 0.1) is 24.7 Å². The molecule has 7 rings (SSSR count). The van der Waals surface area contributed by atoms with E-state index in [0.29, 0.717) is 63.8 Å². The molecule has 2 aromatic carbocycles. The molecule has 13 heteroatoms. The number of pyridine rings is 1. The Labute approximate surface area is 287 Å². The van der Waals surface area contributed by atoms with Crippen molar-refractivity contribution in [3.8, 4) is 23.0 Å². The van der Waals surface area contributed by atoms with Crippen LogP contribution >= 0.6 is 24.0 Å². The first-order valence-electron chi connectivity index (χ1n) is 15.7. The summed E-state index contributed by atoms with van der Waals surface area (Å²) in [5.41, 5.74) is 3.78. The van der Waals surface area contributed by atoms with E-state index in [1.165, 1.54) is 11.8 Å². The first-order chi connectivity index (χ1) is 23.3. The van der Waals surface area contributed by atoms with E-state index in [2.05, 4.69) is 15.9 Å². The summed E-state index contributed by atoms with van der Waals surface area (Å²) in [5.74, 6) is 3.17. The summed E-state index contributed by atoms with van der Waals surface area (Å²) in [4.78, 5) is 39.3. The lowest BCUT2D eigenvalue weighted by atomic mass is 10.1. The maximum atomic E-state index is 14.1. The first kappa shape index (κ1) is 32.0. The number of benzene rings is 2. The van der Waals surface area contributed by atoms with Crippen molar-refractivity contribution in [2.45, 2.75) is 19.9 Å². The SMILES string of the molecule is COc1ccc(CCN2C(=O)/C(=C\c3c(N4CCN(Cc5ccc6c(c5)OCO6)CC4)nc4c(C)cccn4c3=O)SC2=S)cc1OC. The molecule has 0 radical (unpaired) electrons. The summed E-state index contributed by atoms with van der Waals surface area (Å²) in [5, 5.41) is 0. The number of ether oxygens (including phenoxy) is 4. The molecule has 3 aliphatic rings. The molecule has 248 valence electrons. The smallest absolute Gasteiger partial charge is 0.267 e. The van der Waals surface area contributed by atoms with Crippen LogP contribution in [-0.4, -0.2) is 83.1 Å². The van der Waals surface area contributed by atoms with Crippen LogP contribution < -0.4 is 29.4 Å². The maximum Gasteiger partial charge on any atom is 0.267 e. The van der Waals surface area contributed by atoms with E-state index in [1.807, 2.05) is 49.4 Å². The lowest BCUT2D eigenvalue weighted by Gasteiger charge is -2.36. The fourth-order valence-electron chi connectivity index (χ4n) is 6.18. The van der Waals surface area contributed by atoms with Gasteiger partial charge < -0.3 is 23.8 Å². The van der Waals surface area contributed by atoms with Crippen molar-refractivity contribution < 1.29 is 23.7 Å². The standard InChI is InChI=1S/C35H35N5O6S2/c1-22-5-4-11-39-31(22)36-32(38-15-13-37(14-16-38)20-24-7-9-27-29(18-24)46-21-45-27)25(33(39)41)19-30-34(42)40(35(47)48-30)12-10-23-6-8-26(43-2)28(17-23)44-3/h4-9,11,17-19H,10,12-16,20-21H2,1-3H3/b30-19+. The quantitative estimate of drug-likeness (QED) is 0.184. The van der Waals surface area contributed by atoms with Gasteiger partial charge in [0.2, 0.25) is 6.79 Å². The van der Waals surface area contributed by atoms with Gasteiger partial charge in [-0.1, -0.05) is 42.2 Å². The van der Waals surface area contributed by atoms with Gasteiger partial charge in [0.15, 0.2) is 23.0 Å². The van der Waals surface area contributed by atoms with Crippen molar-refractivity contribution >= 4 is 51.7 Å². The second kappa shape index (κ2) is 13.5. The molecule has 2 aromatic heterocycles. The molecule has 0 N–H and O–H groups in total. The minimum absolute atomic E-state index is 0.223. The summed E-state index contributed by atoms with van der Waals surface area (Å²) in [6, 6.07) is 15.5. The summed E-state index contributed by atoms with van der Waals surface area (Å²) in [6.07, 6.45) is 3.96. The number of aromatic nitrogens is 2. The Morgan fingerprint density at radius 2 is 1.73 bits per heavy atom. The van der Waals surface area contributed by atoms with Crippen LogP contribution in [-0.2, 0) is 17.8 Å². The maximum absolute atomic E-state index is 14.1. The molecular formula is C35H35N5O6S2. The number of hydrogen-bond acceptors (Lipinski definition) is 11. The zero-order valence-corrected chi connectivity index (χ0v) is 28.6. The molecular weight excluding hydrogens is 651 g/mol. The highest BCUT2D eigenvalue weighted by molar-refractivity contribution is 8.26. The molecule has 2 fully saturated rings. The summed E-state index contributed by atoms with van der Waals surface area (Å²) in [7, 11) is 3.19. The molecule has 1 amide bonds. The number of methoxy groups -OCH3 is 2. The zero-order chi connectivity index (χ0) is 33.4. The molecule has 3 aliphatic heterocycles. The van der Waals surface area contributed by atoms with Crippen LogP contribution in [0, 0.1) is 6.92 Å². The van der Waals surface area contributed by atoms with E-state index in [1.54, 1.807) is 35.8 Å². The number of piperazine rings is 1. The van der Waals surface area contributed by atoms with E-state index >= 15 is 0 Å². The van der Waals surface area contributed by atoms with Gasteiger partial charge >= 0.3 is 0 Å². The molecule has 0 aliphatic carbocycles. The van der Waals surface area contributed by atoms with E-state index in [0.717, 1.165) is 47.8 Å². The van der Waals surface area contributed by atoms with Gasteiger partial charge in [-0.05, 0) is 66.4 Å². The largest absolute Gasteiger partial charge is 0.493 e. The van der Waals surface area contributed by atoms with Crippen LogP contribution in [0.25, 0.3) is 11.7 Å². The van der Waals surface area contributed by atoms with Crippen LogP contribution in [0.2, 0.25) is 0 Å².